The van der Waals surface area contributed by atoms with Crippen LogP contribution >= 0.6 is 0 Å². The largest absolute Gasteiger partial charge is 0.392 e. The van der Waals surface area contributed by atoms with E-state index in [0.717, 1.165) is 0 Å². The smallest absolute Gasteiger partial charge is 0.248 e. The molecule has 0 aromatic heterocycles. The van der Waals surface area contributed by atoms with Crippen molar-refractivity contribution in [2.75, 3.05) is 6.54 Å². The molecule has 1 aliphatic carbocycles. The molecule has 3 N–H and O–H groups in total. The van der Waals surface area contributed by atoms with E-state index < -0.39 is 12.0 Å². The number of alkyl halides is 2. The molecule has 12 heavy (non-hydrogen) atoms. The van der Waals surface area contributed by atoms with Crippen molar-refractivity contribution in [3.8, 4) is 0 Å². The van der Waals surface area contributed by atoms with Crippen molar-refractivity contribution in [2.45, 2.75) is 37.7 Å². The van der Waals surface area contributed by atoms with Gasteiger partial charge in [-0.3, -0.25) is 0 Å². The molecule has 1 rings (SSSR count). The van der Waals surface area contributed by atoms with Crippen molar-refractivity contribution in [3.63, 3.8) is 0 Å². The molecule has 1 aliphatic rings. The molecule has 0 unspecified atom stereocenters. The van der Waals surface area contributed by atoms with Gasteiger partial charge in [-0.15, -0.1) is 0 Å². The Balaban J connectivity index is 2.36. The summed E-state index contributed by atoms with van der Waals surface area (Å²) < 4.78 is 25.3. The van der Waals surface area contributed by atoms with Gasteiger partial charge in [0.05, 0.1) is 6.10 Å². The summed E-state index contributed by atoms with van der Waals surface area (Å²) >= 11 is 0. The molecule has 0 radical (unpaired) electrons. The number of hydrogen-bond acceptors (Lipinski definition) is 2. The lowest BCUT2D eigenvalue weighted by Gasteiger charge is -2.30. The lowest BCUT2D eigenvalue weighted by atomic mass is 9.83. The average molecular weight is 179 g/mol. The first-order valence-corrected chi connectivity index (χ1v) is 4.31. The number of aliphatic hydroxyl groups is 1. The SMILES string of the molecule is NC[C@@H](O)C1CCC(F)(F)CC1. The van der Waals surface area contributed by atoms with Crippen LogP contribution in [0.3, 0.4) is 0 Å². The Kier molecular flexibility index (Phi) is 3.01. The van der Waals surface area contributed by atoms with Crippen LogP contribution in [-0.4, -0.2) is 23.7 Å². The van der Waals surface area contributed by atoms with Gasteiger partial charge in [-0.1, -0.05) is 0 Å². The molecule has 0 amide bonds. The minimum absolute atomic E-state index is 0.0189. The van der Waals surface area contributed by atoms with Gasteiger partial charge in [-0.2, -0.15) is 0 Å². The average Bonchev–Trinajstić information content (AvgIpc) is 2.03. The second kappa shape index (κ2) is 3.66. The fraction of sp³-hybridized carbons (Fsp3) is 1.00. The predicted molar refractivity (Wildman–Crippen MR) is 42.0 cm³/mol. The number of hydrogen-bond donors (Lipinski definition) is 2. The van der Waals surface area contributed by atoms with Crippen LogP contribution in [0.15, 0.2) is 0 Å². The number of nitrogens with two attached hydrogens (primary N) is 1. The Morgan fingerprint density at radius 3 is 2.33 bits per heavy atom. The Bertz CT molecular complexity index is 142. The normalized spacial score (nSPS) is 27.0. The molecular weight excluding hydrogens is 164 g/mol. The molecule has 72 valence electrons. The highest BCUT2D eigenvalue weighted by atomic mass is 19.3. The second-order valence-corrected chi connectivity index (χ2v) is 3.50. The molecule has 1 fully saturated rings. The Labute approximate surface area is 70.8 Å². The van der Waals surface area contributed by atoms with E-state index in [0.29, 0.717) is 12.8 Å². The molecule has 1 atom stereocenters. The summed E-state index contributed by atoms with van der Waals surface area (Å²) in [5.74, 6) is -2.53. The van der Waals surface area contributed by atoms with Crippen molar-refractivity contribution in [1.82, 2.24) is 0 Å². The minimum Gasteiger partial charge on any atom is -0.392 e. The highest BCUT2D eigenvalue weighted by Gasteiger charge is 2.36. The molecule has 0 aromatic carbocycles. The third-order valence-corrected chi connectivity index (χ3v) is 2.55. The van der Waals surface area contributed by atoms with Crippen LogP contribution in [0.1, 0.15) is 25.7 Å². The summed E-state index contributed by atoms with van der Waals surface area (Å²) in [6, 6.07) is 0. The highest BCUT2D eigenvalue weighted by molar-refractivity contribution is 4.81. The standard InChI is InChI=1S/C8H15F2NO/c9-8(10)3-1-6(2-4-8)7(12)5-11/h6-7,12H,1-5,11H2/t7-/m1/s1. The Morgan fingerprint density at radius 2 is 1.92 bits per heavy atom. The first-order valence-electron chi connectivity index (χ1n) is 4.31. The fourth-order valence-corrected chi connectivity index (χ4v) is 1.64. The van der Waals surface area contributed by atoms with Gasteiger partial charge in [0.1, 0.15) is 0 Å². The third kappa shape index (κ3) is 2.38. The second-order valence-electron chi connectivity index (χ2n) is 3.50. The third-order valence-electron chi connectivity index (χ3n) is 2.55. The zero-order valence-corrected chi connectivity index (χ0v) is 6.97. The minimum atomic E-state index is -2.51. The zero-order chi connectivity index (χ0) is 9.19. The van der Waals surface area contributed by atoms with E-state index >= 15 is 0 Å². The van der Waals surface area contributed by atoms with Gasteiger partial charge >= 0.3 is 0 Å². The van der Waals surface area contributed by atoms with Crippen LogP contribution in [-0.2, 0) is 0 Å². The topological polar surface area (TPSA) is 46.2 Å². The molecule has 0 bridgehead atoms. The van der Waals surface area contributed by atoms with Gasteiger partial charge in [0.15, 0.2) is 0 Å². The molecular formula is C8H15F2NO. The Hall–Kier alpha value is -0.220. The molecule has 2 nitrogen and oxygen atoms in total. The summed E-state index contributed by atoms with van der Waals surface area (Å²) in [6.07, 6.45) is -0.0127. The van der Waals surface area contributed by atoms with E-state index in [1.807, 2.05) is 0 Å². The molecule has 0 aromatic rings. The molecule has 0 heterocycles. The maximum absolute atomic E-state index is 12.6. The fourth-order valence-electron chi connectivity index (χ4n) is 1.64. The predicted octanol–water partition coefficient (Wildman–Crippen LogP) is 1.13. The van der Waals surface area contributed by atoms with Crippen LogP contribution < -0.4 is 5.73 Å². The molecule has 0 spiro atoms. The van der Waals surface area contributed by atoms with Crippen molar-refractivity contribution >= 4 is 0 Å². The maximum Gasteiger partial charge on any atom is 0.248 e. The van der Waals surface area contributed by atoms with E-state index in [2.05, 4.69) is 0 Å². The van der Waals surface area contributed by atoms with E-state index in [9.17, 15) is 13.9 Å². The van der Waals surface area contributed by atoms with E-state index in [-0.39, 0.29) is 25.3 Å². The lowest BCUT2D eigenvalue weighted by molar-refractivity contribution is -0.0609. The quantitative estimate of drug-likeness (QED) is 0.667. The first-order chi connectivity index (χ1) is 5.55. The van der Waals surface area contributed by atoms with Gasteiger partial charge in [0.25, 0.3) is 0 Å². The highest BCUT2D eigenvalue weighted by Crippen LogP contribution is 2.37. The summed E-state index contributed by atoms with van der Waals surface area (Å²) in [7, 11) is 0. The van der Waals surface area contributed by atoms with E-state index in [4.69, 9.17) is 5.73 Å². The maximum atomic E-state index is 12.6. The summed E-state index contributed by atoms with van der Waals surface area (Å²) in [5.41, 5.74) is 5.23. The zero-order valence-electron chi connectivity index (χ0n) is 6.97. The van der Waals surface area contributed by atoms with Crippen LogP contribution in [0.2, 0.25) is 0 Å². The summed E-state index contributed by atoms with van der Waals surface area (Å²) in [5, 5.41) is 9.28. The molecule has 4 heteroatoms. The first kappa shape index (κ1) is 9.86. The molecule has 1 saturated carbocycles. The number of halogens is 2. The molecule has 0 saturated heterocycles. The van der Waals surface area contributed by atoms with Gasteiger partial charge in [-0.05, 0) is 18.8 Å². The van der Waals surface area contributed by atoms with Crippen molar-refractivity contribution in [1.29, 1.82) is 0 Å². The van der Waals surface area contributed by atoms with Crippen molar-refractivity contribution < 1.29 is 13.9 Å². The van der Waals surface area contributed by atoms with Crippen LogP contribution in [0.4, 0.5) is 8.78 Å². The van der Waals surface area contributed by atoms with Crippen molar-refractivity contribution in [2.24, 2.45) is 11.7 Å². The van der Waals surface area contributed by atoms with Gasteiger partial charge in [-0.25, -0.2) is 8.78 Å². The van der Waals surface area contributed by atoms with Crippen LogP contribution in [0.5, 0.6) is 0 Å². The number of aliphatic hydroxyl groups excluding tert-OH is 1. The monoisotopic (exact) mass is 179 g/mol. The lowest BCUT2D eigenvalue weighted by Crippen LogP contribution is -2.35. The van der Waals surface area contributed by atoms with Crippen LogP contribution in [0, 0.1) is 5.92 Å². The van der Waals surface area contributed by atoms with Gasteiger partial charge in [0.2, 0.25) is 5.92 Å². The van der Waals surface area contributed by atoms with Gasteiger partial charge in [0, 0.05) is 19.4 Å². The number of rotatable bonds is 2. The summed E-state index contributed by atoms with van der Waals surface area (Å²) in [4.78, 5) is 0. The van der Waals surface area contributed by atoms with Gasteiger partial charge < -0.3 is 10.8 Å². The Morgan fingerprint density at radius 1 is 1.42 bits per heavy atom. The van der Waals surface area contributed by atoms with E-state index in [1.54, 1.807) is 0 Å². The summed E-state index contributed by atoms with van der Waals surface area (Å²) in [6.45, 7) is 0.177. The van der Waals surface area contributed by atoms with Crippen LogP contribution in [0.25, 0.3) is 0 Å². The van der Waals surface area contributed by atoms with Crippen molar-refractivity contribution in [3.05, 3.63) is 0 Å². The molecule has 0 aliphatic heterocycles. The van der Waals surface area contributed by atoms with E-state index in [1.165, 1.54) is 0 Å².